The minimum Gasteiger partial charge on any atom is -0.472 e. The predicted molar refractivity (Wildman–Crippen MR) is 69.5 cm³/mol. The van der Waals surface area contributed by atoms with Crippen molar-refractivity contribution in [2.24, 2.45) is 0 Å². The zero-order valence-corrected chi connectivity index (χ0v) is 10.8. The van der Waals surface area contributed by atoms with Crippen molar-refractivity contribution >= 4 is 0 Å². The van der Waals surface area contributed by atoms with Crippen molar-refractivity contribution in [1.29, 1.82) is 0 Å². The van der Waals surface area contributed by atoms with Crippen molar-refractivity contribution in [3.63, 3.8) is 0 Å². The van der Waals surface area contributed by atoms with Gasteiger partial charge in [0.1, 0.15) is 12.1 Å². The molecule has 4 nitrogen and oxygen atoms in total. The Morgan fingerprint density at radius 2 is 1.78 bits per heavy atom. The van der Waals surface area contributed by atoms with Crippen molar-refractivity contribution in [1.82, 2.24) is 15.3 Å². The first-order valence-corrected chi connectivity index (χ1v) is 7.14. The lowest BCUT2D eigenvalue weighted by Crippen LogP contribution is -2.27. The fraction of sp³-hybridized carbons (Fsp3) is 0.714. The maximum absolute atomic E-state index is 5.78. The number of ether oxygens (including phenoxy) is 1. The quantitative estimate of drug-likeness (QED) is 0.892. The van der Waals surface area contributed by atoms with Gasteiger partial charge in [0.05, 0.1) is 12.4 Å². The maximum Gasteiger partial charge on any atom is 0.158 e. The highest BCUT2D eigenvalue weighted by Crippen LogP contribution is 2.30. The van der Waals surface area contributed by atoms with Crippen molar-refractivity contribution < 1.29 is 4.74 Å². The Labute approximate surface area is 108 Å². The van der Waals surface area contributed by atoms with E-state index in [0.717, 1.165) is 24.5 Å². The van der Waals surface area contributed by atoms with Gasteiger partial charge in [-0.15, -0.1) is 0 Å². The molecule has 2 fully saturated rings. The highest BCUT2D eigenvalue weighted by Gasteiger charge is 2.19. The van der Waals surface area contributed by atoms with Gasteiger partial charge in [0.15, 0.2) is 5.75 Å². The summed E-state index contributed by atoms with van der Waals surface area (Å²) in [5.41, 5.74) is 0. The Kier molecular flexibility index (Phi) is 3.74. The molecule has 1 unspecified atom stereocenters. The Morgan fingerprint density at radius 3 is 2.44 bits per heavy atom. The number of rotatable bonds is 3. The summed E-state index contributed by atoms with van der Waals surface area (Å²) in [7, 11) is 0. The van der Waals surface area contributed by atoms with Gasteiger partial charge < -0.3 is 4.74 Å². The molecule has 1 aliphatic heterocycles. The minimum atomic E-state index is 0.147. The first-order valence-electron chi connectivity index (χ1n) is 7.14. The molecule has 1 atom stereocenters. The molecular formula is C14H21N3O. The molecule has 1 saturated heterocycles. The Morgan fingerprint density at radius 1 is 1.00 bits per heavy atom. The van der Waals surface area contributed by atoms with Crippen LogP contribution in [-0.4, -0.2) is 22.7 Å². The average molecular weight is 247 g/mol. The van der Waals surface area contributed by atoms with Crippen LogP contribution in [0.1, 0.15) is 56.7 Å². The predicted octanol–water partition coefficient (Wildman–Crippen LogP) is 2.61. The van der Waals surface area contributed by atoms with E-state index >= 15 is 0 Å². The zero-order chi connectivity index (χ0) is 12.2. The molecule has 1 aliphatic carbocycles. The molecular weight excluding hydrogens is 226 g/mol. The second-order valence-electron chi connectivity index (χ2n) is 5.31. The van der Waals surface area contributed by atoms with Gasteiger partial charge in [0, 0.05) is 5.92 Å². The van der Waals surface area contributed by atoms with Gasteiger partial charge in [-0.1, -0.05) is 19.3 Å². The summed E-state index contributed by atoms with van der Waals surface area (Å²) < 4.78 is 5.78. The molecule has 2 aliphatic rings. The van der Waals surface area contributed by atoms with Gasteiger partial charge in [-0.3, -0.25) is 5.32 Å². The Hall–Kier alpha value is -1.16. The third kappa shape index (κ3) is 2.80. The number of hydrogen-bond donors (Lipinski definition) is 1. The van der Waals surface area contributed by atoms with Crippen molar-refractivity contribution in [2.45, 2.75) is 57.1 Å². The first kappa shape index (κ1) is 11.9. The first-order chi connectivity index (χ1) is 8.92. The second-order valence-corrected chi connectivity index (χ2v) is 5.31. The summed E-state index contributed by atoms with van der Waals surface area (Å²) in [6.07, 6.45) is 12.6. The fourth-order valence-electron chi connectivity index (χ4n) is 2.88. The van der Waals surface area contributed by atoms with Crippen LogP contribution < -0.4 is 10.1 Å². The molecule has 1 saturated carbocycles. The van der Waals surface area contributed by atoms with Gasteiger partial charge in [-0.2, -0.15) is 0 Å². The molecule has 2 heterocycles. The normalized spacial score (nSPS) is 25.2. The molecule has 18 heavy (non-hydrogen) atoms. The fourth-order valence-corrected chi connectivity index (χ4v) is 2.88. The van der Waals surface area contributed by atoms with E-state index in [-0.39, 0.29) is 6.23 Å². The largest absolute Gasteiger partial charge is 0.472 e. The monoisotopic (exact) mass is 247 g/mol. The van der Waals surface area contributed by atoms with Crippen LogP contribution in [0.15, 0.2) is 12.4 Å². The van der Waals surface area contributed by atoms with E-state index in [9.17, 15) is 0 Å². The molecule has 98 valence electrons. The SMILES string of the molecule is c1nc(C2CCCCC2)ncc1OC1CCCN1. The summed E-state index contributed by atoms with van der Waals surface area (Å²) in [5.74, 6) is 2.35. The minimum absolute atomic E-state index is 0.147. The summed E-state index contributed by atoms with van der Waals surface area (Å²) in [5, 5.41) is 3.31. The van der Waals surface area contributed by atoms with E-state index < -0.39 is 0 Å². The summed E-state index contributed by atoms with van der Waals surface area (Å²) in [4.78, 5) is 8.96. The number of nitrogens with zero attached hydrogens (tertiary/aromatic N) is 2. The molecule has 0 amide bonds. The average Bonchev–Trinajstić information content (AvgIpc) is 2.94. The molecule has 0 bridgehead atoms. The lowest BCUT2D eigenvalue weighted by Gasteiger charge is -2.20. The molecule has 1 aromatic heterocycles. The van der Waals surface area contributed by atoms with E-state index in [2.05, 4.69) is 15.3 Å². The smallest absolute Gasteiger partial charge is 0.158 e. The van der Waals surface area contributed by atoms with Crippen LogP contribution in [0.2, 0.25) is 0 Å². The van der Waals surface area contributed by atoms with Crippen LogP contribution >= 0.6 is 0 Å². The summed E-state index contributed by atoms with van der Waals surface area (Å²) in [6.45, 7) is 1.05. The van der Waals surface area contributed by atoms with E-state index in [1.807, 2.05) is 12.4 Å². The van der Waals surface area contributed by atoms with Crippen molar-refractivity contribution in [2.75, 3.05) is 6.54 Å². The molecule has 0 aromatic carbocycles. The van der Waals surface area contributed by atoms with Crippen molar-refractivity contribution in [3.8, 4) is 5.75 Å². The third-order valence-corrected chi connectivity index (χ3v) is 3.91. The number of nitrogens with one attached hydrogen (secondary N) is 1. The van der Waals surface area contributed by atoms with Gasteiger partial charge >= 0.3 is 0 Å². The number of hydrogen-bond acceptors (Lipinski definition) is 4. The Bertz CT molecular complexity index is 367. The number of aromatic nitrogens is 2. The van der Waals surface area contributed by atoms with E-state index in [0.29, 0.717) is 5.92 Å². The molecule has 0 radical (unpaired) electrons. The summed E-state index contributed by atoms with van der Waals surface area (Å²) >= 11 is 0. The molecule has 3 rings (SSSR count). The zero-order valence-electron chi connectivity index (χ0n) is 10.8. The maximum atomic E-state index is 5.78. The highest BCUT2D eigenvalue weighted by molar-refractivity contribution is 5.14. The topological polar surface area (TPSA) is 47.0 Å². The third-order valence-electron chi connectivity index (χ3n) is 3.91. The highest BCUT2D eigenvalue weighted by atomic mass is 16.5. The van der Waals surface area contributed by atoms with Crippen LogP contribution in [0.5, 0.6) is 5.75 Å². The van der Waals surface area contributed by atoms with E-state index in [1.165, 1.54) is 38.5 Å². The van der Waals surface area contributed by atoms with Gasteiger partial charge in [0.2, 0.25) is 0 Å². The molecule has 1 aromatic rings. The van der Waals surface area contributed by atoms with Gasteiger partial charge in [-0.25, -0.2) is 9.97 Å². The van der Waals surface area contributed by atoms with Crippen molar-refractivity contribution in [3.05, 3.63) is 18.2 Å². The molecule has 0 spiro atoms. The van der Waals surface area contributed by atoms with Gasteiger partial charge in [0.25, 0.3) is 0 Å². The van der Waals surface area contributed by atoms with Crippen LogP contribution in [0, 0.1) is 0 Å². The van der Waals surface area contributed by atoms with Gasteiger partial charge in [-0.05, 0) is 32.2 Å². The van der Waals surface area contributed by atoms with Crippen LogP contribution in [0.25, 0.3) is 0 Å². The standard InChI is InChI=1S/C14H21N3O/c1-2-5-11(6-3-1)14-16-9-12(10-17-14)18-13-7-4-8-15-13/h9-11,13,15H,1-8H2. The Balaban J connectivity index is 1.60. The van der Waals surface area contributed by atoms with Crippen LogP contribution in [-0.2, 0) is 0 Å². The summed E-state index contributed by atoms with van der Waals surface area (Å²) in [6, 6.07) is 0. The molecule has 1 N–H and O–H groups in total. The van der Waals surface area contributed by atoms with Crippen LogP contribution in [0.3, 0.4) is 0 Å². The second kappa shape index (κ2) is 5.65. The molecule has 4 heteroatoms. The lowest BCUT2D eigenvalue weighted by atomic mass is 9.89. The van der Waals surface area contributed by atoms with E-state index in [1.54, 1.807) is 0 Å². The lowest BCUT2D eigenvalue weighted by molar-refractivity contribution is 0.185. The van der Waals surface area contributed by atoms with E-state index in [4.69, 9.17) is 4.74 Å². The van der Waals surface area contributed by atoms with Crippen LogP contribution in [0.4, 0.5) is 0 Å².